The standard InChI is InChI=1S/C15H14ClNO3/c16-12-5-6-14(13(7-12)15(17)19)20-9-11-3-1-10(8-18)2-4-11/h1-7,18H,8-9H2,(H2,17,19). The molecule has 4 nitrogen and oxygen atoms in total. The van der Waals surface area contributed by atoms with Gasteiger partial charge in [-0.3, -0.25) is 4.79 Å². The van der Waals surface area contributed by atoms with Crippen LogP contribution in [-0.4, -0.2) is 11.0 Å². The second kappa shape index (κ2) is 6.41. The van der Waals surface area contributed by atoms with E-state index in [9.17, 15) is 4.79 Å². The number of carbonyl (C=O) groups excluding carboxylic acids is 1. The first kappa shape index (κ1) is 14.4. The third-order valence-electron chi connectivity index (χ3n) is 2.81. The maximum absolute atomic E-state index is 11.3. The normalized spacial score (nSPS) is 10.3. The van der Waals surface area contributed by atoms with E-state index in [4.69, 9.17) is 27.2 Å². The zero-order valence-corrected chi connectivity index (χ0v) is 11.4. The van der Waals surface area contributed by atoms with E-state index in [0.29, 0.717) is 17.4 Å². The van der Waals surface area contributed by atoms with E-state index in [1.807, 2.05) is 24.3 Å². The van der Waals surface area contributed by atoms with Gasteiger partial charge in [-0.15, -0.1) is 0 Å². The van der Waals surface area contributed by atoms with Gasteiger partial charge in [0.15, 0.2) is 0 Å². The number of aliphatic hydroxyl groups excluding tert-OH is 1. The lowest BCUT2D eigenvalue weighted by Gasteiger charge is -2.10. The summed E-state index contributed by atoms with van der Waals surface area (Å²) in [5.74, 6) is -0.189. The lowest BCUT2D eigenvalue weighted by molar-refractivity contribution is 0.0996. The molecule has 5 heteroatoms. The third-order valence-corrected chi connectivity index (χ3v) is 3.04. The summed E-state index contributed by atoms with van der Waals surface area (Å²) in [4.78, 5) is 11.3. The molecule has 104 valence electrons. The molecule has 0 fully saturated rings. The van der Waals surface area contributed by atoms with E-state index >= 15 is 0 Å². The average molecular weight is 292 g/mol. The van der Waals surface area contributed by atoms with Gasteiger partial charge in [-0.25, -0.2) is 0 Å². The monoisotopic (exact) mass is 291 g/mol. The Hall–Kier alpha value is -2.04. The number of amides is 1. The summed E-state index contributed by atoms with van der Waals surface area (Å²) in [7, 11) is 0. The number of hydrogen-bond acceptors (Lipinski definition) is 3. The van der Waals surface area contributed by atoms with Gasteiger partial charge < -0.3 is 15.6 Å². The minimum atomic E-state index is -0.585. The van der Waals surface area contributed by atoms with Crippen molar-refractivity contribution < 1.29 is 14.6 Å². The van der Waals surface area contributed by atoms with Gasteiger partial charge in [-0.2, -0.15) is 0 Å². The van der Waals surface area contributed by atoms with Crippen LogP contribution in [0, 0.1) is 0 Å². The highest BCUT2D eigenvalue weighted by Gasteiger charge is 2.10. The Bertz CT molecular complexity index is 611. The summed E-state index contributed by atoms with van der Waals surface area (Å²) < 4.78 is 5.59. The topological polar surface area (TPSA) is 72.6 Å². The van der Waals surface area contributed by atoms with Crippen LogP contribution < -0.4 is 10.5 Å². The van der Waals surface area contributed by atoms with Crippen LogP contribution in [0.2, 0.25) is 5.02 Å². The van der Waals surface area contributed by atoms with Crippen LogP contribution in [0.25, 0.3) is 0 Å². The maximum atomic E-state index is 11.3. The maximum Gasteiger partial charge on any atom is 0.252 e. The van der Waals surface area contributed by atoms with Gasteiger partial charge in [0.1, 0.15) is 12.4 Å². The first-order chi connectivity index (χ1) is 9.60. The lowest BCUT2D eigenvalue weighted by atomic mass is 10.1. The molecule has 0 heterocycles. The van der Waals surface area contributed by atoms with Crippen molar-refractivity contribution >= 4 is 17.5 Å². The molecule has 0 unspecified atom stereocenters. The SMILES string of the molecule is NC(=O)c1cc(Cl)ccc1OCc1ccc(CO)cc1. The number of rotatable bonds is 5. The summed E-state index contributed by atoms with van der Waals surface area (Å²) in [5, 5.41) is 9.39. The third kappa shape index (κ3) is 3.50. The van der Waals surface area contributed by atoms with Crippen LogP contribution in [0.4, 0.5) is 0 Å². The number of carbonyl (C=O) groups is 1. The molecule has 0 aliphatic carbocycles. The predicted octanol–water partition coefficient (Wildman–Crippen LogP) is 2.51. The molecule has 2 aromatic carbocycles. The van der Waals surface area contributed by atoms with Crippen LogP contribution in [0.3, 0.4) is 0 Å². The number of primary amides is 1. The van der Waals surface area contributed by atoms with Crippen LogP contribution >= 0.6 is 11.6 Å². The molecule has 2 rings (SSSR count). The molecule has 0 saturated carbocycles. The molecular formula is C15H14ClNO3. The van der Waals surface area contributed by atoms with Crippen molar-refractivity contribution in [2.24, 2.45) is 5.73 Å². The molecule has 0 spiro atoms. The average Bonchev–Trinajstić information content (AvgIpc) is 2.46. The molecule has 0 saturated heterocycles. The Kier molecular flexibility index (Phi) is 4.61. The van der Waals surface area contributed by atoms with Gasteiger partial charge >= 0.3 is 0 Å². The predicted molar refractivity (Wildman–Crippen MR) is 76.7 cm³/mol. The molecule has 0 radical (unpaired) electrons. The van der Waals surface area contributed by atoms with Gasteiger partial charge in [0.25, 0.3) is 5.91 Å². The fraction of sp³-hybridized carbons (Fsp3) is 0.133. The summed E-state index contributed by atoms with van der Waals surface area (Å²) in [6.07, 6.45) is 0. The largest absolute Gasteiger partial charge is 0.488 e. The van der Waals surface area contributed by atoms with Gasteiger partial charge in [0.2, 0.25) is 0 Å². The quantitative estimate of drug-likeness (QED) is 0.889. The lowest BCUT2D eigenvalue weighted by Crippen LogP contribution is -2.13. The van der Waals surface area contributed by atoms with E-state index in [2.05, 4.69) is 0 Å². The Labute approximate surface area is 121 Å². The number of benzene rings is 2. The van der Waals surface area contributed by atoms with Crippen molar-refractivity contribution in [2.45, 2.75) is 13.2 Å². The van der Waals surface area contributed by atoms with Crippen LogP contribution in [0.1, 0.15) is 21.5 Å². The molecule has 2 aromatic rings. The Morgan fingerprint density at radius 3 is 2.40 bits per heavy atom. The minimum Gasteiger partial charge on any atom is -0.488 e. The Morgan fingerprint density at radius 1 is 1.15 bits per heavy atom. The van der Waals surface area contributed by atoms with E-state index in [0.717, 1.165) is 11.1 Å². The fourth-order valence-electron chi connectivity index (χ4n) is 1.72. The van der Waals surface area contributed by atoms with Crippen molar-refractivity contribution in [1.29, 1.82) is 0 Å². The summed E-state index contributed by atoms with van der Waals surface area (Å²) in [6, 6.07) is 12.1. The molecule has 0 aliphatic rings. The van der Waals surface area contributed by atoms with E-state index in [1.165, 1.54) is 6.07 Å². The summed E-state index contributed by atoms with van der Waals surface area (Å²) >= 11 is 5.82. The molecule has 1 amide bonds. The van der Waals surface area contributed by atoms with Crippen molar-refractivity contribution in [1.82, 2.24) is 0 Å². The molecule has 3 N–H and O–H groups in total. The Balaban J connectivity index is 2.12. The summed E-state index contributed by atoms with van der Waals surface area (Å²) in [5.41, 5.74) is 7.29. The van der Waals surface area contributed by atoms with Gasteiger partial charge in [-0.1, -0.05) is 35.9 Å². The van der Waals surface area contributed by atoms with Crippen LogP contribution in [0.5, 0.6) is 5.75 Å². The highest BCUT2D eigenvalue weighted by Crippen LogP contribution is 2.23. The number of nitrogens with two attached hydrogens (primary N) is 1. The number of halogens is 1. The van der Waals surface area contributed by atoms with Crippen molar-refractivity contribution in [3.63, 3.8) is 0 Å². The van der Waals surface area contributed by atoms with Gasteiger partial charge in [0, 0.05) is 5.02 Å². The molecule has 0 bridgehead atoms. The Morgan fingerprint density at radius 2 is 1.80 bits per heavy atom. The number of hydrogen-bond donors (Lipinski definition) is 2. The summed E-state index contributed by atoms with van der Waals surface area (Å²) in [6.45, 7) is 0.303. The van der Waals surface area contributed by atoms with Gasteiger partial charge in [0.05, 0.1) is 12.2 Å². The zero-order valence-electron chi connectivity index (χ0n) is 10.7. The van der Waals surface area contributed by atoms with Crippen molar-refractivity contribution in [2.75, 3.05) is 0 Å². The number of aliphatic hydroxyl groups is 1. The zero-order chi connectivity index (χ0) is 14.5. The van der Waals surface area contributed by atoms with E-state index in [1.54, 1.807) is 12.1 Å². The number of ether oxygens (including phenoxy) is 1. The van der Waals surface area contributed by atoms with Crippen molar-refractivity contribution in [3.05, 3.63) is 64.2 Å². The highest BCUT2D eigenvalue weighted by atomic mass is 35.5. The van der Waals surface area contributed by atoms with Gasteiger partial charge in [-0.05, 0) is 29.3 Å². The highest BCUT2D eigenvalue weighted by molar-refractivity contribution is 6.31. The smallest absolute Gasteiger partial charge is 0.252 e. The van der Waals surface area contributed by atoms with Crippen LogP contribution in [0.15, 0.2) is 42.5 Å². The molecule has 0 aliphatic heterocycles. The van der Waals surface area contributed by atoms with Crippen LogP contribution in [-0.2, 0) is 13.2 Å². The first-order valence-corrected chi connectivity index (χ1v) is 6.39. The molecule has 20 heavy (non-hydrogen) atoms. The first-order valence-electron chi connectivity index (χ1n) is 6.01. The molecule has 0 aromatic heterocycles. The van der Waals surface area contributed by atoms with E-state index < -0.39 is 5.91 Å². The fourth-order valence-corrected chi connectivity index (χ4v) is 1.89. The van der Waals surface area contributed by atoms with E-state index in [-0.39, 0.29) is 12.2 Å². The molecule has 0 atom stereocenters. The van der Waals surface area contributed by atoms with Crippen molar-refractivity contribution in [3.8, 4) is 5.75 Å². The second-order valence-corrected chi connectivity index (χ2v) is 4.70. The second-order valence-electron chi connectivity index (χ2n) is 4.27. The minimum absolute atomic E-state index is 0.00411. The molecular weight excluding hydrogens is 278 g/mol.